The predicted octanol–water partition coefficient (Wildman–Crippen LogP) is 0.931. The zero-order chi connectivity index (χ0) is 11.7. The monoisotopic (exact) mass is 252 g/mol. The molecule has 0 bridgehead atoms. The number of thiazole rings is 1. The second-order valence-corrected chi connectivity index (χ2v) is 5.78. The molecule has 94 valence electrons. The van der Waals surface area contributed by atoms with Gasteiger partial charge in [0.25, 0.3) is 0 Å². The molecule has 1 N–H and O–H groups in total. The van der Waals surface area contributed by atoms with Crippen LogP contribution >= 0.6 is 11.3 Å². The van der Waals surface area contributed by atoms with E-state index in [9.17, 15) is 0 Å². The van der Waals surface area contributed by atoms with Crippen LogP contribution in [0.15, 0.2) is 0 Å². The van der Waals surface area contributed by atoms with Gasteiger partial charge in [0.15, 0.2) is 5.13 Å². The van der Waals surface area contributed by atoms with Gasteiger partial charge in [0.1, 0.15) is 0 Å². The minimum absolute atomic E-state index is 1.02. The number of rotatable bonds is 2. The summed E-state index contributed by atoms with van der Waals surface area (Å²) < 4.78 is 0. The van der Waals surface area contributed by atoms with Crippen LogP contribution in [0, 0.1) is 0 Å². The number of hydrogen-bond acceptors (Lipinski definition) is 5. The van der Waals surface area contributed by atoms with Crippen LogP contribution in [0.2, 0.25) is 0 Å². The van der Waals surface area contributed by atoms with E-state index in [0.29, 0.717) is 0 Å². The van der Waals surface area contributed by atoms with E-state index in [4.69, 9.17) is 4.98 Å². The van der Waals surface area contributed by atoms with Gasteiger partial charge in [-0.15, -0.1) is 11.3 Å². The lowest BCUT2D eigenvalue weighted by Gasteiger charge is -2.33. The first-order valence-corrected chi connectivity index (χ1v) is 7.35. The Balaban J connectivity index is 1.70. The molecule has 3 heterocycles. The highest BCUT2D eigenvalue weighted by Gasteiger charge is 2.21. The van der Waals surface area contributed by atoms with Crippen LogP contribution in [0.1, 0.15) is 17.5 Å². The summed E-state index contributed by atoms with van der Waals surface area (Å²) in [6.45, 7) is 10.1. The lowest BCUT2D eigenvalue weighted by atomic mass is 10.2. The number of nitrogens with one attached hydrogen (secondary N) is 1. The molecule has 0 radical (unpaired) electrons. The van der Waals surface area contributed by atoms with Crippen LogP contribution in [-0.4, -0.2) is 49.2 Å². The molecule has 4 nitrogen and oxygen atoms in total. The smallest absolute Gasteiger partial charge is 0.185 e. The van der Waals surface area contributed by atoms with Gasteiger partial charge < -0.3 is 15.1 Å². The molecule has 1 fully saturated rings. The molecule has 0 amide bonds. The lowest BCUT2D eigenvalue weighted by molar-refractivity contribution is 0.271. The molecule has 1 aromatic rings. The average Bonchev–Trinajstić information content (AvgIpc) is 2.82. The molecule has 2 aliphatic rings. The van der Waals surface area contributed by atoms with Crippen molar-refractivity contribution in [2.75, 3.05) is 44.2 Å². The summed E-state index contributed by atoms with van der Waals surface area (Å²) in [5.41, 5.74) is 1.33. The molecular weight excluding hydrogens is 232 g/mol. The molecule has 1 saturated heterocycles. The number of anilines is 1. The first kappa shape index (κ1) is 11.4. The third kappa shape index (κ3) is 2.32. The Morgan fingerprint density at radius 1 is 1.29 bits per heavy atom. The van der Waals surface area contributed by atoms with Crippen molar-refractivity contribution in [1.29, 1.82) is 0 Å². The maximum absolute atomic E-state index is 4.81. The van der Waals surface area contributed by atoms with Crippen molar-refractivity contribution in [1.82, 2.24) is 15.2 Å². The van der Waals surface area contributed by atoms with E-state index in [1.807, 2.05) is 11.3 Å². The number of nitrogens with zero attached hydrogens (tertiary/aromatic N) is 3. The number of fused-ring (bicyclic) bond motifs is 1. The number of aromatic nitrogens is 1. The Labute approximate surface area is 107 Å². The van der Waals surface area contributed by atoms with Gasteiger partial charge in [0.05, 0.1) is 5.69 Å². The Morgan fingerprint density at radius 3 is 2.82 bits per heavy atom. The maximum Gasteiger partial charge on any atom is 0.185 e. The maximum atomic E-state index is 4.81. The molecule has 0 spiro atoms. The summed E-state index contributed by atoms with van der Waals surface area (Å²) in [4.78, 5) is 11.2. The minimum Gasteiger partial charge on any atom is -0.346 e. The summed E-state index contributed by atoms with van der Waals surface area (Å²) >= 11 is 1.88. The highest BCUT2D eigenvalue weighted by Crippen LogP contribution is 2.28. The van der Waals surface area contributed by atoms with E-state index >= 15 is 0 Å². The largest absolute Gasteiger partial charge is 0.346 e. The average molecular weight is 252 g/mol. The summed E-state index contributed by atoms with van der Waals surface area (Å²) in [5, 5.41) is 4.66. The van der Waals surface area contributed by atoms with E-state index in [1.54, 1.807) is 0 Å². The van der Waals surface area contributed by atoms with E-state index in [-0.39, 0.29) is 0 Å². The molecule has 1 aromatic heterocycles. The van der Waals surface area contributed by atoms with Crippen molar-refractivity contribution in [3.8, 4) is 0 Å². The van der Waals surface area contributed by atoms with Crippen LogP contribution in [0.25, 0.3) is 0 Å². The first-order chi connectivity index (χ1) is 8.36. The first-order valence-electron chi connectivity index (χ1n) is 6.53. The normalized spacial score (nSPS) is 21.6. The van der Waals surface area contributed by atoms with Gasteiger partial charge in [-0.2, -0.15) is 0 Å². The molecule has 3 rings (SSSR count). The molecule has 0 atom stereocenters. The van der Waals surface area contributed by atoms with Crippen LogP contribution in [0.3, 0.4) is 0 Å². The fourth-order valence-corrected chi connectivity index (χ4v) is 3.63. The summed E-state index contributed by atoms with van der Waals surface area (Å²) in [5.74, 6) is 0. The summed E-state index contributed by atoms with van der Waals surface area (Å²) in [7, 11) is 0. The number of likely N-dealkylation sites (N-methyl/N-ethyl adjacent to an activating group) is 1. The summed E-state index contributed by atoms with van der Waals surface area (Å²) in [6.07, 6.45) is 1.10. The topological polar surface area (TPSA) is 31.4 Å². The quantitative estimate of drug-likeness (QED) is 0.848. The van der Waals surface area contributed by atoms with Crippen molar-refractivity contribution in [2.45, 2.75) is 19.9 Å². The van der Waals surface area contributed by atoms with Crippen molar-refractivity contribution < 1.29 is 0 Å². The Kier molecular flexibility index (Phi) is 3.31. The van der Waals surface area contributed by atoms with Crippen LogP contribution in [-0.2, 0) is 13.0 Å². The standard InChI is InChI=1S/C12H20N4S/c1-2-15-5-7-16(8-6-15)12-14-10-3-4-13-9-11(10)17-12/h13H,2-9H2,1H3. The Hall–Kier alpha value is -0.650. The van der Waals surface area contributed by atoms with Gasteiger partial charge in [0, 0.05) is 50.6 Å². The SMILES string of the molecule is CCN1CCN(c2nc3c(s2)CNCC3)CC1. The zero-order valence-electron chi connectivity index (χ0n) is 10.4. The number of piperazine rings is 1. The van der Waals surface area contributed by atoms with Gasteiger partial charge in [0.2, 0.25) is 0 Å². The van der Waals surface area contributed by atoms with E-state index in [0.717, 1.165) is 32.6 Å². The van der Waals surface area contributed by atoms with Crippen molar-refractivity contribution in [3.63, 3.8) is 0 Å². The second kappa shape index (κ2) is 4.92. The van der Waals surface area contributed by atoms with Gasteiger partial charge in [-0.3, -0.25) is 0 Å². The molecule has 0 aromatic carbocycles. The number of hydrogen-bond donors (Lipinski definition) is 1. The molecule has 0 saturated carbocycles. The minimum atomic E-state index is 1.02. The Morgan fingerprint density at radius 2 is 2.12 bits per heavy atom. The fourth-order valence-electron chi connectivity index (χ4n) is 2.50. The highest BCUT2D eigenvalue weighted by molar-refractivity contribution is 7.15. The van der Waals surface area contributed by atoms with Crippen LogP contribution < -0.4 is 10.2 Å². The third-order valence-electron chi connectivity index (χ3n) is 3.68. The lowest BCUT2D eigenvalue weighted by Crippen LogP contribution is -2.46. The fraction of sp³-hybridized carbons (Fsp3) is 0.750. The van der Waals surface area contributed by atoms with Gasteiger partial charge in [-0.05, 0) is 6.54 Å². The molecule has 17 heavy (non-hydrogen) atoms. The van der Waals surface area contributed by atoms with Crippen molar-refractivity contribution >= 4 is 16.5 Å². The molecule has 0 aliphatic carbocycles. The van der Waals surface area contributed by atoms with Crippen molar-refractivity contribution in [2.24, 2.45) is 0 Å². The molecule has 5 heteroatoms. The zero-order valence-corrected chi connectivity index (χ0v) is 11.2. The highest BCUT2D eigenvalue weighted by atomic mass is 32.1. The van der Waals surface area contributed by atoms with Gasteiger partial charge in [-0.1, -0.05) is 6.92 Å². The van der Waals surface area contributed by atoms with E-state index in [2.05, 4.69) is 22.0 Å². The van der Waals surface area contributed by atoms with Gasteiger partial charge >= 0.3 is 0 Å². The predicted molar refractivity (Wildman–Crippen MR) is 71.9 cm³/mol. The van der Waals surface area contributed by atoms with Crippen molar-refractivity contribution in [3.05, 3.63) is 10.6 Å². The van der Waals surface area contributed by atoms with Crippen LogP contribution in [0.5, 0.6) is 0 Å². The third-order valence-corrected chi connectivity index (χ3v) is 4.84. The molecule has 2 aliphatic heterocycles. The van der Waals surface area contributed by atoms with Gasteiger partial charge in [-0.25, -0.2) is 4.98 Å². The van der Waals surface area contributed by atoms with E-state index < -0.39 is 0 Å². The van der Waals surface area contributed by atoms with Crippen LogP contribution in [0.4, 0.5) is 5.13 Å². The second-order valence-electron chi connectivity index (χ2n) is 4.71. The molecule has 0 unspecified atom stereocenters. The molecular formula is C12H20N4S. The Bertz CT molecular complexity index is 358. The summed E-state index contributed by atoms with van der Waals surface area (Å²) in [6, 6.07) is 0. The van der Waals surface area contributed by atoms with E-state index in [1.165, 1.54) is 35.3 Å².